The van der Waals surface area contributed by atoms with E-state index in [1.54, 1.807) is 0 Å². The Balaban J connectivity index is 0. The average molecular weight is 285 g/mol. The van der Waals surface area contributed by atoms with E-state index in [0.29, 0.717) is 0 Å². The van der Waals surface area contributed by atoms with Crippen molar-refractivity contribution in [1.29, 1.82) is 0 Å². The molecule has 0 radical (unpaired) electrons. The number of hydrogen-bond acceptors (Lipinski definition) is 1. The zero-order chi connectivity index (χ0) is 8.74. The molecule has 3 heteroatoms. The molecule has 0 N–H and O–H groups in total. The van der Waals surface area contributed by atoms with Crippen LogP contribution in [0.3, 0.4) is 0 Å². The quantitative estimate of drug-likeness (QED) is 0.253. The van der Waals surface area contributed by atoms with E-state index < -0.39 is 0 Å². The van der Waals surface area contributed by atoms with E-state index in [0.717, 1.165) is 30.7 Å². The lowest BCUT2D eigenvalue weighted by molar-refractivity contribution is -0.906. The van der Waals surface area contributed by atoms with Gasteiger partial charge in [-0.1, -0.05) is 6.58 Å². The molecular weight excluding hydrogens is 265 g/mol. The number of halogens is 1. The lowest BCUT2D eigenvalue weighted by Crippen LogP contribution is -3.00. The first-order valence-corrected chi connectivity index (χ1v) is 4.24. The van der Waals surface area contributed by atoms with E-state index in [2.05, 4.69) is 27.5 Å². The van der Waals surface area contributed by atoms with E-state index in [1.807, 2.05) is 0 Å². The van der Waals surface area contributed by atoms with Crippen molar-refractivity contribution in [3.05, 3.63) is 12.8 Å². The number of likely N-dealkylation sites (N-methyl/N-ethyl adjacent to an activating group) is 1. The summed E-state index contributed by atoms with van der Waals surface area (Å²) in [4.78, 5) is 0. The monoisotopic (exact) mass is 285 g/mol. The molecule has 0 aromatic heterocycles. The number of hydrogen-bond donors (Lipinski definition) is 0. The minimum atomic E-state index is 0. The van der Waals surface area contributed by atoms with Crippen LogP contribution in [0.4, 0.5) is 0 Å². The Morgan fingerprint density at radius 2 is 1.83 bits per heavy atom. The molecule has 2 nitrogen and oxygen atoms in total. The van der Waals surface area contributed by atoms with E-state index in [4.69, 9.17) is 4.74 Å². The van der Waals surface area contributed by atoms with Crippen molar-refractivity contribution >= 4 is 0 Å². The van der Waals surface area contributed by atoms with Crippen molar-refractivity contribution in [1.82, 2.24) is 0 Å². The van der Waals surface area contributed by atoms with Crippen LogP contribution in [0.25, 0.3) is 0 Å². The first kappa shape index (κ1) is 14.7. The van der Waals surface area contributed by atoms with Gasteiger partial charge in [-0.2, -0.15) is 0 Å². The SMILES string of the molecule is C=COCC[N+](C)(CC)CC.[I-]. The third-order valence-electron chi connectivity index (χ3n) is 2.39. The lowest BCUT2D eigenvalue weighted by Gasteiger charge is -2.31. The van der Waals surface area contributed by atoms with Gasteiger partial charge in [0.05, 0.1) is 26.4 Å². The smallest absolute Gasteiger partial charge is 0.136 e. The summed E-state index contributed by atoms with van der Waals surface area (Å²) < 4.78 is 6.16. The highest BCUT2D eigenvalue weighted by Gasteiger charge is 2.14. The topological polar surface area (TPSA) is 9.23 Å². The molecule has 0 fully saturated rings. The Morgan fingerprint density at radius 3 is 2.17 bits per heavy atom. The maximum atomic E-state index is 5.08. The van der Waals surface area contributed by atoms with Crippen molar-refractivity contribution < 1.29 is 33.2 Å². The number of rotatable bonds is 6. The predicted molar refractivity (Wildman–Crippen MR) is 48.3 cm³/mol. The van der Waals surface area contributed by atoms with Gasteiger partial charge in [0.15, 0.2) is 0 Å². The molecular formula is C9H20INO. The molecule has 0 heterocycles. The first-order chi connectivity index (χ1) is 5.18. The third-order valence-corrected chi connectivity index (χ3v) is 2.39. The first-order valence-electron chi connectivity index (χ1n) is 4.24. The Bertz CT molecular complexity index is 113. The van der Waals surface area contributed by atoms with E-state index in [9.17, 15) is 0 Å². The van der Waals surface area contributed by atoms with Crippen molar-refractivity contribution in [2.24, 2.45) is 0 Å². The molecule has 74 valence electrons. The molecule has 0 aromatic carbocycles. The number of quaternary nitrogens is 1. The van der Waals surface area contributed by atoms with Crippen LogP contribution in [0.2, 0.25) is 0 Å². The fraction of sp³-hybridized carbons (Fsp3) is 0.778. The highest BCUT2D eigenvalue weighted by atomic mass is 127. The van der Waals surface area contributed by atoms with E-state index in [1.165, 1.54) is 6.26 Å². The molecule has 0 amide bonds. The second kappa shape index (κ2) is 7.86. The molecule has 0 rings (SSSR count). The van der Waals surface area contributed by atoms with Gasteiger partial charge in [-0.05, 0) is 13.8 Å². The van der Waals surface area contributed by atoms with Crippen LogP contribution in [0, 0.1) is 0 Å². The Morgan fingerprint density at radius 1 is 1.33 bits per heavy atom. The maximum Gasteiger partial charge on any atom is 0.136 e. The average Bonchev–Trinajstić information content (AvgIpc) is 2.05. The van der Waals surface area contributed by atoms with Gasteiger partial charge < -0.3 is 33.2 Å². The van der Waals surface area contributed by atoms with Crippen LogP contribution < -0.4 is 24.0 Å². The molecule has 0 saturated carbocycles. The highest BCUT2D eigenvalue weighted by molar-refractivity contribution is 4.48. The minimum Gasteiger partial charge on any atom is -1.00 e. The summed E-state index contributed by atoms with van der Waals surface area (Å²) in [5, 5.41) is 0. The Hall–Kier alpha value is 0.230. The summed E-state index contributed by atoms with van der Waals surface area (Å²) >= 11 is 0. The van der Waals surface area contributed by atoms with Gasteiger partial charge in [0.25, 0.3) is 0 Å². The zero-order valence-corrected chi connectivity index (χ0v) is 10.5. The van der Waals surface area contributed by atoms with Gasteiger partial charge in [0, 0.05) is 0 Å². The van der Waals surface area contributed by atoms with Crippen LogP contribution in [0.15, 0.2) is 12.8 Å². The molecule has 0 unspecified atom stereocenters. The van der Waals surface area contributed by atoms with Crippen molar-refractivity contribution in [3.63, 3.8) is 0 Å². The predicted octanol–water partition coefficient (Wildman–Crippen LogP) is -1.36. The fourth-order valence-electron chi connectivity index (χ4n) is 0.896. The van der Waals surface area contributed by atoms with Gasteiger partial charge in [-0.15, -0.1) is 0 Å². The van der Waals surface area contributed by atoms with E-state index in [-0.39, 0.29) is 24.0 Å². The van der Waals surface area contributed by atoms with Crippen LogP contribution in [0.5, 0.6) is 0 Å². The summed E-state index contributed by atoms with van der Waals surface area (Å²) in [5.41, 5.74) is 0. The molecule has 0 atom stereocenters. The third kappa shape index (κ3) is 5.83. The molecule has 12 heavy (non-hydrogen) atoms. The molecule has 0 bridgehead atoms. The highest BCUT2D eigenvalue weighted by Crippen LogP contribution is 1.99. The van der Waals surface area contributed by atoms with Gasteiger partial charge in [0.1, 0.15) is 13.2 Å². The second-order valence-corrected chi connectivity index (χ2v) is 3.01. The Labute approximate surface area is 93.2 Å². The number of nitrogens with zero attached hydrogens (tertiary/aromatic N) is 1. The summed E-state index contributed by atoms with van der Waals surface area (Å²) in [6.45, 7) is 12.1. The van der Waals surface area contributed by atoms with Crippen LogP contribution >= 0.6 is 0 Å². The van der Waals surface area contributed by atoms with Crippen molar-refractivity contribution in [2.75, 3.05) is 33.3 Å². The zero-order valence-electron chi connectivity index (χ0n) is 8.35. The van der Waals surface area contributed by atoms with Gasteiger partial charge >= 0.3 is 0 Å². The second-order valence-electron chi connectivity index (χ2n) is 3.01. The normalized spacial score (nSPS) is 10.2. The molecule has 0 aliphatic rings. The summed E-state index contributed by atoms with van der Waals surface area (Å²) in [5.74, 6) is 0. The van der Waals surface area contributed by atoms with Gasteiger partial charge in [0.2, 0.25) is 0 Å². The fourth-order valence-corrected chi connectivity index (χ4v) is 0.896. The molecule has 0 aliphatic heterocycles. The lowest BCUT2D eigenvalue weighted by atomic mass is 10.4. The van der Waals surface area contributed by atoms with Crippen LogP contribution in [-0.2, 0) is 4.74 Å². The molecule has 0 aromatic rings. The van der Waals surface area contributed by atoms with Gasteiger partial charge in [-0.3, -0.25) is 0 Å². The summed E-state index contributed by atoms with van der Waals surface area (Å²) in [6, 6.07) is 0. The molecule has 0 saturated heterocycles. The largest absolute Gasteiger partial charge is 1.00 e. The molecule has 0 spiro atoms. The standard InChI is InChI=1S/C9H20NO.HI/c1-5-10(4,6-2)8-9-11-7-3;/h7H,3,5-6,8-9H2,1-2,4H3;1H/q+1;/p-1. The number of ether oxygens (including phenoxy) is 1. The van der Waals surface area contributed by atoms with Gasteiger partial charge in [-0.25, -0.2) is 0 Å². The minimum absolute atomic E-state index is 0. The summed E-state index contributed by atoms with van der Waals surface area (Å²) in [7, 11) is 2.24. The summed E-state index contributed by atoms with van der Waals surface area (Å²) in [6.07, 6.45) is 1.51. The van der Waals surface area contributed by atoms with Crippen molar-refractivity contribution in [3.8, 4) is 0 Å². The maximum absolute atomic E-state index is 5.08. The van der Waals surface area contributed by atoms with Crippen molar-refractivity contribution in [2.45, 2.75) is 13.8 Å². The Kier molecular flexibility index (Phi) is 9.65. The van der Waals surface area contributed by atoms with E-state index >= 15 is 0 Å². The molecule has 0 aliphatic carbocycles. The van der Waals surface area contributed by atoms with Crippen LogP contribution in [-0.4, -0.2) is 37.8 Å². The van der Waals surface area contributed by atoms with Crippen LogP contribution in [0.1, 0.15) is 13.8 Å².